The first-order valence-electron chi connectivity index (χ1n) is 10.4. The van der Waals surface area contributed by atoms with E-state index in [-0.39, 0.29) is 5.91 Å². The maximum absolute atomic E-state index is 13.0. The van der Waals surface area contributed by atoms with Gasteiger partial charge in [0.25, 0.3) is 5.91 Å². The van der Waals surface area contributed by atoms with Crippen molar-refractivity contribution in [3.8, 4) is 17.2 Å². The molecule has 0 saturated carbocycles. The Hall–Kier alpha value is -3.31. The molecule has 1 aliphatic heterocycles. The number of amides is 1. The molecule has 4 rings (SSSR count). The first-order valence-corrected chi connectivity index (χ1v) is 10.4. The van der Waals surface area contributed by atoms with Crippen LogP contribution in [0.4, 0.5) is 5.69 Å². The lowest BCUT2D eigenvalue weighted by Gasteiger charge is -2.17. The highest BCUT2D eigenvalue weighted by Crippen LogP contribution is 2.30. The number of carbonyl (C=O) groups is 1. The van der Waals surface area contributed by atoms with Gasteiger partial charge in [0.2, 0.25) is 0 Å². The van der Waals surface area contributed by atoms with Crippen LogP contribution in [-0.2, 0) is 0 Å². The van der Waals surface area contributed by atoms with Crippen molar-refractivity contribution in [2.45, 2.75) is 12.8 Å². The van der Waals surface area contributed by atoms with Gasteiger partial charge in [0.1, 0.15) is 18.1 Å². The van der Waals surface area contributed by atoms with Crippen molar-refractivity contribution in [1.29, 1.82) is 0 Å². The van der Waals surface area contributed by atoms with Crippen LogP contribution in [0.2, 0.25) is 0 Å². The molecule has 3 aromatic rings. The second-order valence-corrected chi connectivity index (χ2v) is 7.26. The molecule has 1 N–H and O–H groups in total. The zero-order valence-corrected chi connectivity index (χ0v) is 16.9. The Kier molecular flexibility index (Phi) is 6.62. The van der Waals surface area contributed by atoms with Crippen LogP contribution in [0.3, 0.4) is 0 Å². The van der Waals surface area contributed by atoms with Gasteiger partial charge in [-0.15, -0.1) is 0 Å². The molecule has 3 aromatic carbocycles. The number of benzene rings is 3. The Bertz CT molecular complexity index is 969. The highest BCUT2D eigenvalue weighted by atomic mass is 16.5. The van der Waals surface area contributed by atoms with Gasteiger partial charge in [0.15, 0.2) is 5.75 Å². The first kappa shape index (κ1) is 20.0. The molecule has 0 spiro atoms. The highest BCUT2D eigenvalue weighted by Gasteiger charge is 2.16. The van der Waals surface area contributed by atoms with E-state index < -0.39 is 0 Å². The minimum Gasteiger partial charge on any atom is -0.491 e. The Labute approximate surface area is 177 Å². The van der Waals surface area contributed by atoms with Gasteiger partial charge in [-0.25, -0.2) is 0 Å². The lowest BCUT2D eigenvalue weighted by Crippen LogP contribution is -2.25. The average Bonchev–Trinajstić information content (AvgIpc) is 3.30. The predicted octanol–water partition coefficient (Wildman–Crippen LogP) is 5.21. The third kappa shape index (κ3) is 5.19. The summed E-state index contributed by atoms with van der Waals surface area (Å²) >= 11 is 0. The van der Waals surface area contributed by atoms with Crippen LogP contribution in [-0.4, -0.2) is 37.0 Å². The summed E-state index contributed by atoms with van der Waals surface area (Å²) in [5, 5.41) is 2.96. The van der Waals surface area contributed by atoms with E-state index in [1.165, 1.54) is 12.8 Å². The molecule has 1 heterocycles. The van der Waals surface area contributed by atoms with Gasteiger partial charge in [0, 0.05) is 6.54 Å². The van der Waals surface area contributed by atoms with Crippen molar-refractivity contribution in [2.75, 3.05) is 31.6 Å². The van der Waals surface area contributed by atoms with Crippen LogP contribution in [0.25, 0.3) is 0 Å². The van der Waals surface area contributed by atoms with Crippen molar-refractivity contribution in [2.24, 2.45) is 0 Å². The van der Waals surface area contributed by atoms with Crippen LogP contribution in [0.1, 0.15) is 23.2 Å². The van der Waals surface area contributed by atoms with E-state index in [1.54, 1.807) is 6.07 Å². The number of para-hydroxylation sites is 4. The number of hydrogen-bond acceptors (Lipinski definition) is 4. The molecule has 1 fully saturated rings. The van der Waals surface area contributed by atoms with Crippen molar-refractivity contribution in [3.63, 3.8) is 0 Å². The van der Waals surface area contributed by atoms with Gasteiger partial charge in [0.05, 0.1) is 11.3 Å². The highest BCUT2D eigenvalue weighted by molar-refractivity contribution is 6.06. The maximum atomic E-state index is 13.0. The minimum absolute atomic E-state index is 0.226. The number of ether oxygens (including phenoxy) is 2. The number of nitrogens with zero attached hydrogens (tertiary/aromatic N) is 1. The average molecular weight is 402 g/mol. The lowest BCUT2D eigenvalue weighted by atomic mass is 10.1. The summed E-state index contributed by atoms with van der Waals surface area (Å²) in [6.07, 6.45) is 2.51. The molecule has 1 aliphatic rings. The smallest absolute Gasteiger partial charge is 0.259 e. The van der Waals surface area contributed by atoms with Gasteiger partial charge in [-0.1, -0.05) is 42.5 Å². The summed E-state index contributed by atoms with van der Waals surface area (Å²) in [4.78, 5) is 15.4. The van der Waals surface area contributed by atoms with E-state index in [9.17, 15) is 4.79 Å². The molecular weight excluding hydrogens is 376 g/mol. The second-order valence-electron chi connectivity index (χ2n) is 7.26. The lowest BCUT2D eigenvalue weighted by molar-refractivity contribution is 0.102. The zero-order valence-electron chi connectivity index (χ0n) is 16.9. The van der Waals surface area contributed by atoms with Crippen LogP contribution < -0.4 is 14.8 Å². The van der Waals surface area contributed by atoms with Crippen LogP contribution in [0.15, 0.2) is 78.9 Å². The molecule has 0 unspecified atom stereocenters. The molecule has 154 valence electrons. The standard InChI is InChI=1S/C25H26N2O3/c28-25(21-12-4-6-14-23(21)29-19-18-27-16-8-9-17-27)26-22-13-5-7-15-24(22)30-20-10-2-1-3-11-20/h1-7,10-15H,8-9,16-19H2,(H,26,28). The maximum Gasteiger partial charge on any atom is 0.259 e. The number of nitrogens with one attached hydrogen (secondary N) is 1. The number of anilines is 1. The fraction of sp³-hybridized carbons (Fsp3) is 0.240. The van der Waals surface area contributed by atoms with Crippen molar-refractivity contribution in [3.05, 3.63) is 84.4 Å². The molecule has 1 amide bonds. The van der Waals surface area contributed by atoms with E-state index in [0.717, 1.165) is 19.6 Å². The summed E-state index contributed by atoms with van der Waals surface area (Å²) in [5.41, 5.74) is 1.12. The van der Waals surface area contributed by atoms with E-state index in [0.29, 0.717) is 35.1 Å². The summed E-state index contributed by atoms with van der Waals surface area (Å²) in [7, 11) is 0. The van der Waals surface area contributed by atoms with E-state index in [2.05, 4.69) is 10.2 Å². The summed E-state index contributed by atoms with van der Waals surface area (Å²) < 4.78 is 11.9. The SMILES string of the molecule is O=C(Nc1ccccc1Oc1ccccc1)c1ccccc1OCCN1CCCC1. The Morgan fingerprint density at radius 3 is 2.30 bits per heavy atom. The summed E-state index contributed by atoms with van der Waals surface area (Å²) in [5.74, 6) is 1.67. The molecule has 0 bridgehead atoms. The second kappa shape index (κ2) is 9.94. The summed E-state index contributed by atoms with van der Waals surface area (Å²) in [6, 6.07) is 24.3. The fourth-order valence-corrected chi connectivity index (χ4v) is 3.54. The van der Waals surface area contributed by atoms with E-state index in [4.69, 9.17) is 9.47 Å². The van der Waals surface area contributed by atoms with Gasteiger partial charge in [-0.05, 0) is 62.3 Å². The van der Waals surface area contributed by atoms with Crippen LogP contribution in [0, 0.1) is 0 Å². The number of carbonyl (C=O) groups excluding carboxylic acids is 1. The molecule has 5 nitrogen and oxygen atoms in total. The van der Waals surface area contributed by atoms with Gasteiger partial charge >= 0.3 is 0 Å². The monoisotopic (exact) mass is 402 g/mol. The first-order chi connectivity index (χ1) is 14.8. The van der Waals surface area contributed by atoms with Crippen molar-refractivity contribution >= 4 is 11.6 Å². The van der Waals surface area contributed by atoms with Crippen molar-refractivity contribution in [1.82, 2.24) is 4.90 Å². The Morgan fingerprint density at radius 2 is 1.50 bits per heavy atom. The molecule has 0 aromatic heterocycles. The normalized spacial score (nSPS) is 13.7. The van der Waals surface area contributed by atoms with Crippen LogP contribution in [0.5, 0.6) is 17.2 Å². The third-order valence-electron chi connectivity index (χ3n) is 5.10. The van der Waals surface area contributed by atoms with Crippen LogP contribution >= 0.6 is 0 Å². The van der Waals surface area contributed by atoms with Gasteiger partial charge in [-0.2, -0.15) is 0 Å². The quantitative estimate of drug-likeness (QED) is 0.562. The zero-order chi connectivity index (χ0) is 20.6. The third-order valence-corrected chi connectivity index (χ3v) is 5.10. The topological polar surface area (TPSA) is 50.8 Å². The molecular formula is C25H26N2O3. The van der Waals surface area contributed by atoms with E-state index >= 15 is 0 Å². The van der Waals surface area contributed by atoms with Gasteiger partial charge < -0.3 is 14.8 Å². The largest absolute Gasteiger partial charge is 0.491 e. The Balaban J connectivity index is 1.44. The predicted molar refractivity (Wildman–Crippen MR) is 119 cm³/mol. The van der Waals surface area contributed by atoms with E-state index in [1.807, 2.05) is 72.8 Å². The molecule has 30 heavy (non-hydrogen) atoms. The molecule has 0 atom stereocenters. The fourth-order valence-electron chi connectivity index (χ4n) is 3.54. The molecule has 1 saturated heterocycles. The number of likely N-dealkylation sites (tertiary alicyclic amines) is 1. The van der Waals surface area contributed by atoms with Gasteiger partial charge in [-0.3, -0.25) is 9.69 Å². The summed E-state index contributed by atoms with van der Waals surface area (Å²) in [6.45, 7) is 3.70. The molecule has 5 heteroatoms. The van der Waals surface area contributed by atoms with Crippen molar-refractivity contribution < 1.29 is 14.3 Å². The minimum atomic E-state index is -0.226. The Morgan fingerprint density at radius 1 is 0.833 bits per heavy atom. The molecule has 0 radical (unpaired) electrons. The number of hydrogen-bond donors (Lipinski definition) is 1. The molecule has 0 aliphatic carbocycles. The number of rotatable bonds is 8.